The van der Waals surface area contributed by atoms with Gasteiger partial charge in [-0.2, -0.15) is 15.3 Å². The first-order chi connectivity index (χ1) is 10.3. The fourth-order valence-electron chi connectivity index (χ4n) is 2.56. The third-order valence-corrected chi connectivity index (χ3v) is 3.61. The first-order valence-corrected chi connectivity index (χ1v) is 6.81. The lowest BCUT2D eigenvalue weighted by molar-refractivity contribution is 0.304. The van der Waals surface area contributed by atoms with Crippen LogP contribution < -0.4 is 4.74 Å². The van der Waals surface area contributed by atoms with Crippen LogP contribution in [0, 0.1) is 11.3 Å². The van der Waals surface area contributed by atoms with Crippen molar-refractivity contribution in [3.8, 4) is 12.1 Å². The quantitative estimate of drug-likeness (QED) is 0.833. The third kappa shape index (κ3) is 3.01. The Labute approximate surface area is 122 Å². The summed E-state index contributed by atoms with van der Waals surface area (Å²) >= 11 is 0. The number of methoxy groups -OCH3 is 1. The molecule has 3 heterocycles. The van der Waals surface area contributed by atoms with Crippen LogP contribution in [-0.4, -0.2) is 44.8 Å². The van der Waals surface area contributed by atoms with Crippen molar-refractivity contribution in [2.24, 2.45) is 0 Å². The number of ether oxygens (including phenoxy) is 1. The number of likely N-dealkylation sites (tertiary alicyclic amines) is 1. The summed E-state index contributed by atoms with van der Waals surface area (Å²) in [5.41, 5.74) is 1.55. The molecule has 21 heavy (non-hydrogen) atoms. The van der Waals surface area contributed by atoms with Crippen molar-refractivity contribution < 1.29 is 4.74 Å². The molecule has 0 aromatic carbocycles. The van der Waals surface area contributed by atoms with Crippen molar-refractivity contribution >= 4 is 0 Å². The van der Waals surface area contributed by atoms with E-state index >= 15 is 0 Å². The highest BCUT2D eigenvalue weighted by Crippen LogP contribution is 2.22. The maximum Gasteiger partial charge on any atom is 0.316 e. The van der Waals surface area contributed by atoms with Crippen molar-refractivity contribution in [2.75, 3.05) is 20.2 Å². The molecule has 0 amide bonds. The molecule has 7 heteroatoms. The number of aromatic nitrogens is 4. The van der Waals surface area contributed by atoms with E-state index in [2.05, 4.69) is 26.0 Å². The number of nitrogens with zero attached hydrogens (tertiary/aromatic N) is 6. The van der Waals surface area contributed by atoms with Gasteiger partial charge in [0.25, 0.3) is 0 Å². The second-order valence-electron chi connectivity index (χ2n) is 5.03. The summed E-state index contributed by atoms with van der Waals surface area (Å²) in [5, 5.41) is 13.1. The Morgan fingerprint density at radius 3 is 3.19 bits per heavy atom. The van der Waals surface area contributed by atoms with Gasteiger partial charge in [-0.25, -0.2) is 4.98 Å². The smallest absolute Gasteiger partial charge is 0.316 e. The molecule has 0 saturated carbocycles. The largest absolute Gasteiger partial charge is 0.467 e. The molecule has 108 valence electrons. The van der Waals surface area contributed by atoms with E-state index in [0.29, 0.717) is 17.6 Å². The lowest BCUT2D eigenvalue weighted by Gasteiger charge is -2.15. The van der Waals surface area contributed by atoms with Crippen LogP contribution in [0.25, 0.3) is 0 Å². The van der Waals surface area contributed by atoms with Gasteiger partial charge in [0.1, 0.15) is 6.07 Å². The van der Waals surface area contributed by atoms with Gasteiger partial charge in [0.15, 0.2) is 0 Å². The second-order valence-corrected chi connectivity index (χ2v) is 5.03. The second kappa shape index (κ2) is 5.89. The Morgan fingerprint density at radius 1 is 1.52 bits per heavy atom. The van der Waals surface area contributed by atoms with Crippen molar-refractivity contribution in [3.63, 3.8) is 0 Å². The van der Waals surface area contributed by atoms with Gasteiger partial charge < -0.3 is 4.74 Å². The Kier molecular flexibility index (Phi) is 3.79. The molecule has 1 saturated heterocycles. The Balaban J connectivity index is 1.63. The Bertz CT molecular complexity index is 661. The molecule has 3 rings (SSSR count). The minimum atomic E-state index is 0.316. The molecule has 2 aromatic heterocycles. The minimum Gasteiger partial charge on any atom is -0.467 e. The van der Waals surface area contributed by atoms with Crippen LogP contribution in [0.4, 0.5) is 0 Å². The van der Waals surface area contributed by atoms with E-state index in [1.165, 1.54) is 0 Å². The molecular weight excluding hydrogens is 268 g/mol. The molecule has 0 bridgehead atoms. The highest BCUT2D eigenvalue weighted by molar-refractivity contribution is 5.22. The average molecular weight is 284 g/mol. The van der Waals surface area contributed by atoms with Crippen LogP contribution in [0.3, 0.4) is 0 Å². The van der Waals surface area contributed by atoms with Crippen LogP contribution >= 0.6 is 0 Å². The Morgan fingerprint density at radius 2 is 2.43 bits per heavy atom. The normalized spacial score (nSPS) is 18.6. The van der Waals surface area contributed by atoms with Gasteiger partial charge in [-0.3, -0.25) is 9.58 Å². The summed E-state index contributed by atoms with van der Waals surface area (Å²) in [6.07, 6.45) is 6.15. The molecule has 7 nitrogen and oxygen atoms in total. The van der Waals surface area contributed by atoms with Crippen molar-refractivity contribution in [2.45, 2.75) is 19.0 Å². The van der Waals surface area contributed by atoms with E-state index in [1.54, 1.807) is 19.5 Å². The van der Waals surface area contributed by atoms with Crippen molar-refractivity contribution in [1.82, 2.24) is 24.6 Å². The summed E-state index contributed by atoms with van der Waals surface area (Å²) in [5.74, 6) is 0. The van der Waals surface area contributed by atoms with Crippen molar-refractivity contribution in [3.05, 3.63) is 35.9 Å². The fraction of sp³-hybridized carbons (Fsp3) is 0.429. The number of hydrogen-bond acceptors (Lipinski definition) is 6. The first kappa shape index (κ1) is 13.5. The van der Waals surface area contributed by atoms with Crippen LogP contribution in [0.5, 0.6) is 6.01 Å². The fourth-order valence-corrected chi connectivity index (χ4v) is 2.56. The molecule has 0 radical (unpaired) electrons. The van der Waals surface area contributed by atoms with Gasteiger partial charge in [0, 0.05) is 32.0 Å². The highest BCUT2D eigenvalue weighted by atomic mass is 16.5. The first-order valence-electron chi connectivity index (χ1n) is 6.81. The van der Waals surface area contributed by atoms with E-state index in [-0.39, 0.29) is 0 Å². The topological polar surface area (TPSA) is 79.9 Å². The lowest BCUT2D eigenvalue weighted by Crippen LogP contribution is -2.22. The highest BCUT2D eigenvalue weighted by Gasteiger charge is 2.24. The van der Waals surface area contributed by atoms with E-state index in [9.17, 15) is 0 Å². The lowest BCUT2D eigenvalue weighted by atomic mass is 10.3. The summed E-state index contributed by atoms with van der Waals surface area (Å²) in [7, 11) is 1.56. The van der Waals surface area contributed by atoms with Gasteiger partial charge in [-0.05, 0) is 12.5 Å². The van der Waals surface area contributed by atoms with Gasteiger partial charge in [0.2, 0.25) is 0 Å². The monoisotopic (exact) mass is 284 g/mol. The van der Waals surface area contributed by atoms with Gasteiger partial charge in [-0.1, -0.05) is 0 Å². The number of rotatable bonds is 4. The van der Waals surface area contributed by atoms with Gasteiger partial charge in [-0.15, -0.1) is 0 Å². The van der Waals surface area contributed by atoms with Crippen LogP contribution in [0.2, 0.25) is 0 Å². The standard InChI is InChI=1S/C14H16N6O/c1-21-14-16-4-2-12(18-14)9-19-5-3-13(10-19)20-8-11(6-15)7-17-20/h2,4,7-8,13H,3,5,9-10H2,1H3. The van der Waals surface area contributed by atoms with E-state index in [0.717, 1.165) is 31.7 Å². The molecule has 1 unspecified atom stereocenters. The molecule has 1 atom stereocenters. The summed E-state index contributed by atoms with van der Waals surface area (Å²) < 4.78 is 6.93. The minimum absolute atomic E-state index is 0.316. The molecule has 1 aliphatic rings. The number of nitriles is 1. The van der Waals surface area contributed by atoms with E-state index < -0.39 is 0 Å². The number of hydrogen-bond donors (Lipinski definition) is 0. The maximum atomic E-state index is 8.85. The molecule has 0 aliphatic carbocycles. The SMILES string of the molecule is COc1nccc(CN2CCC(n3cc(C#N)cn3)C2)n1. The predicted molar refractivity (Wildman–Crippen MR) is 74.5 cm³/mol. The van der Waals surface area contributed by atoms with Crippen LogP contribution in [0.15, 0.2) is 24.7 Å². The summed E-state index contributed by atoms with van der Waals surface area (Å²) in [4.78, 5) is 10.7. The predicted octanol–water partition coefficient (Wildman–Crippen LogP) is 1.00. The molecule has 2 aromatic rings. The van der Waals surface area contributed by atoms with Crippen molar-refractivity contribution in [1.29, 1.82) is 5.26 Å². The molecule has 0 N–H and O–H groups in total. The van der Waals surface area contributed by atoms with Gasteiger partial charge >= 0.3 is 6.01 Å². The zero-order valence-electron chi connectivity index (χ0n) is 11.8. The van der Waals surface area contributed by atoms with Crippen LogP contribution in [-0.2, 0) is 6.54 Å². The molecule has 1 fully saturated rings. The van der Waals surface area contributed by atoms with E-state index in [4.69, 9.17) is 10.00 Å². The molecule has 0 spiro atoms. The maximum absolute atomic E-state index is 8.85. The van der Waals surface area contributed by atoms with Gasteiger partial charge in [0.05, 0.1) is 30.6 Å². The summed E-state index contributed by atoms with van der Waals surface area (Å²) in [6, 6.07) is 4.72. The molecular formula is C14H16N6O. The summed E-state index contributed by atoms with van der Waals surface area (Å²) in [6.45, 7) is 2.65. The zero-order valence-corrected chi connectivity index (χ0v) is 11.8. The molecule has 1 aliphatic heterocycles. The third-order valence-electron chi connectivity index (χ3n) is 3.61. The Hall–Kier alpha value is -2.46. The average Bonchev–Trinajstić information content (AvgIpc) is 3.16. The zero-order chi connectivity index (χ0) is 14.7. The van der Waals surface area contributed by atoms with Crippen LogP contribution in [0.1, 0.15) is 23.7 Å². The van der Waals surface area contributed by atoms with E-state index in [1.807, 2.05) is 16.9 Å².